The first-order chi connectivity index (χ1) is 20.3. The number of hydrogen-bond acceptors (Lipinski definition) is 6. The van der Waals surface area contributed by atoms with Gasteiger partial charge in [0.25, 0.3) is 5.91 Å². The zero-order chi connectivity index (χ0) is 29.6. The van der Waals surface area contributed by atoms with Crippen molar-refractivity contribution in [2.75, 3.05) is 25.2 Å². The van der Waals surface area contributed by atoms with Crippen LogP contribution in [0.2, 0.25) is 0 Å². The number of rotatable bonds is 12. The Morgan fingerprint density at radius 1 is 0.952 bits per heavy atom. The van der Waals surface area contributed by atoms with Crippen molar-refractivity contribution in [2.45, 2.75) is 39.0 Å². The van der Waals surface area contributed by atoms with Gasteiger partial charge in [0.1, 0.15) is 11.5 Å². The number of nitrogens with zero attached hydrogens (tertiary/aromatic N) is 1. The summed E-state index contributed by atoms with van der Waals surface area (Å²) in [6.07, 6.45) is 9.75. The third-order valence-corrected chi connectivity index (χ3v) is 7.56. The Labute approximate surface area is 246 Å². The molecule has 3 aromatic rings. The molecular weight excluding hydrogens is 530 g/mol. The highest BCUT2D eigenvalue weighted by Gasteiger charge is 2.27. The van der Waals surface area contributed by atoms with Gasteiger partial charge < -0.3 is 19.1 Å². The van der Waals surface area contributed by atoms with E-state index in [4.69, 9.17) is 14.2 Å². The van der Waals surface area contributed by atoms with Gasteiger partial charge in [0, 0.05) is 23.6 Å². The van der Waals surface area contributed by atoms with Crippen LogP contribution in [0.25, 0.3) is 21.9 Å². The van der Waals surface area contributed by atoms with Gasteiger partial charge in [-0.1, -0.05) is 43.0 Å². The van der Waals surface area contributed by atoms with Crippen molar-refractivity contribution in [1.29, 1.82) is 0 Å². The highest BCUT2D eigenvalue weighted by molar-refractivity contribution is 6.26. The summed E-state index contributed by atoms with van der Waals surface area (Å²) in [6, 6.07) is 17.3. The van der Waals surface area contributed by atoms with Gasteiger partial charge in [0.15, 0.2) is 0 Å². The van der Waals surface area contributed by atoms with Crippen molar-refractivity contribution >= 4 is 34.3 Å². The second kappa shape index (κ2) is 12.9. The molecule has 5 rings (SSSR count). The van der Waals surface area contributed by atoms with E-state index >= 15 is 0 Å². The molecular formula is C35H35NO6. The van der Waals surface area contributed by atoms with Crippen LogP contribution in [-0.4, -0.2) is 38.1 Å². The number of esters is 2. The zero-order valence-electron chi connectivity index (χ0n) is 24.1. The summed E-state index contributed by atoms with van der Waals surface area (Å²) in [5.41, 5.74) is 4.05. The molecule has 0 radical (unpaired) electrons. The fourth-order valence-electron chi connectivity index (χ4n) is 5.20. The van der Waals surface area contributed by atoms with Crippen molar-refractivity contribution in [3.8, 4) is 16.9 Å². The maximum atomic E-state index is 12.8. The fourth-order valence-corrected chi connectivity index (χ4v) is 5.20. The number of carbonyl (C=O) groups is 3. The van der Waals surface area contributed by atoms with Gasteiger partial charge in [-0.15, -0.1) is 0 Å². The van der Waals surface area contributed by atoms with Crippen molar-refractivity contribution in [2.24, 2.45) is 5.92 Å². The van der Waals surface area contributed by atoms with E-state index in [0.717, 1.165) is 64.6 Å². The monoisotopic (exact) mass is 565 g/mol. The van der Waals surface area contributed by atoms with E-state index in [2.05, 4.69) is 6.58 Å². The molecule has 42 heavy (non-hydrogen) atoms. The number of ether oxygens (including phenoxy) is 3. The smallest absolute Gasteiger partial charge is 0.333 e. The Hall–Kier alpha value is -4.65. The number of unbranched alkanes of at least 4 members (excludes halogenated alkanes) is 3. The Bertz CT molecular complexity index is 1580. The fraction of sp³-hybridized carbons (Fsp3) is 0.286. The molecule has 0 spiro atoms. The molecule has 216 valence electrons. The van der Waals surface area contributed by atoms with Crippen molar-refractivity contribution in [3.05, 3.63) is 96.3 Å². The van der Waals surface area contributed by atoms with Gasteiger partial charge in [0.05, 0.1) is 24.8 Å². The summed E-state index contributed by atoms with van der Waals surface area (Å²) in [5.74, 6) is 0.231. The molecule has 0 fully saturated rings. The number of carbonyl (C=O) groups excluding carboxylic acids is 3. The van der Waals surface area contributed by atoms with Crippen LogP contribution in [-0.2, 0) is 19.1 Å². The minimum absolute atomic E-state index is 0.00719. The average molecular weight is 566 g/mol. The maximum absolute atomic E-state index is 12.8. The van der Waals surface area contributed by atoms with Gasteiger partial charge in [-0.2, -0.15) is 0 Å². The van der Waals surface area contributed by atoms with Crippen molar-refractivity contribution in [1.82, 2.24) is 0 Å². The summed E-state index contributed by atoms with van der Waals surface area (Å²) in [6.45, 7) is 6.21. The molecule has 0 N–H and O–H groups in total. The third kappa shape index (κ3) is 6.30. The van der Waals surface area contributed by atoms with Gasteiger partial charge in [-0.05, 0) is 92.0 Å². The quantitative estimate of drug-likeness (QED) is 0.100. The Balaban J connectivity index is 1.08. The van der Waals surface area contributed by atoms with E-state index in [1.54, 1.807) is 31.0 Å². The van der Waals surface area contributed by atoms with Crippen LogP contribution in [0, 0.1) is 5.92 Å². The number of benzene rings is 3. The first-order valence-electron chi connectivity index (χ1n) is 14.3. The van der Waals surface area contributed by atoms with Crippen LogP contribution in [0.1, 0.15) is 49.4 Å². The lowest BCUT2D eigenvalue weighted by Crippen LogP contribution is -2.20. The van der Waals surface area contributed by atoms with E-state index < -0.39 is 0 Å². The minimum atomic E-state index is -0.370. The molecule has 1 aliphatic carbocycles. The van der Waals surface area contributed by atoms with Crippen LogP contribution in [0.4, 0.5) is 5.69 Å². The largest absolute Gasteiger partial charge is 0.494 e. The van der Waals surface area contributed by atoms with E-state index in [1.807, 2.05) is 60.7 Å². The normalized spacial score (nSPS) is 15.5. The van der Waals surface area contributed by atoms with Crippen LogP contribution in [0.15, 0.2) is 90.7 Å². The Kier molecular flexibility index (Phi) is 8.86. The topological polar surface area (TPSA) is 82.1 Å². The van der Waals surface area contributed by atoms with Crippen molar-refractivity contribution < 1.29 is 28.6 Å². The minimum Gasteiger partial charge on any atom is -0.494 e. The molecule has 1 heterocycles. The summed E-state index contributed by atoms with van der Waals surface area (Å²) in [4.78, 5) is 38.4. The zero-order valence-corrected chi connectivity index (χ0v) is 24.1. The molecule has 1 aliphatic heterocycles. The predicted molar refractivity (Wildman–Crippen MR) is 163 cm³/mol. The van der Waals surface area contributed by atoms with Crippen LogP contribution in [0.5, 0.6) is 5.75 Å². The second-order valence-corrected chi connectivity index (χ2v) is 10.7. The molecule has 2 aliphatic rings. The van der Waals surface area contributed by atoms with Crippen LogP contribution in [0.3, 0.4) is 0 Å². The molecule has 1 amide bonds. The molecule has 7 nitrogen and oxygen atoms in total. The highest BCUT2D eigenvalue weighted by atomic mass is 16.5. The van der Waals surface area contributed by atoms with E-state index in [9.17, 15) is 14.4 Å². The number of allylic oxidation sites excluding steroid dienone is 2. The van der Waals surface area contributed by atoms with E-state index in [-0.39, 0.29) is 23.8 Å². The molecule has 1 atom stereocenters. The molecule has 0 saturated carbocycles. The molecule has 0 aromatic heterocycles. The Morgan fingerprint density at radius 2 is 1.71 bits per heavy atom. The maximum Gasteiger partial charge on any atom is 0.333 e. The first kappa shape index (κ1) is 28.9. The predicted octanol–water partition coefficient (Wildman–Crippen LogP) is 7.16. The van der Waals surface area contributed by atoms with Gasteiger partial charge in [-0.3, -0.25) is 9.59 Å². The van der Waals surface area contributed by atoms with Crippen molar-refractivity contribution in [3.63, 3.8) is 0 Å². The van der Waals surface area contributed by atoms with Gasteiger partial charge in [0.2, 0.25) is 0 Å². The summed E-state index contributed by atoms with van der Waals surface area (Å²) in [5, 5.41) is 1.99. The first-order valence-corrected chi connectivity index (χ1v) is 14.3. The van der Waals surface area contributed by atoms with E-state index in [1.165, 1.54) is 0 Å². The molecule has 1 unspecified atom stereocenters. The summed E-state index contributed by atoms with van der Waals surface area (Å²) >= 11 is 0. The molecule has 0 bridgehead atoms. The molecule has 3 aromatic carbocycles. The average Bonchev–Trinajstić information content (AvgIpc) is 3.25. The second-order valence-electron chi connectivity index (χ2n) is 10.7. The van der Waals surface area contributed by atoms with Gasteiger partial charge >= 0.3 is 11.9 Å². The van der Waals surface area contributed by atoms with Gasteiger partial charge in [-0.25, -0.2) is 4.79 Å². The number of amides is 1. The lowest BCUT2D eigenvalue weighted by Gasteiger charge is -2.16. The lowest BCUT2D eigenvalue weighted by molar-refractivity contribution is -0.139. The number of hydrogen-bond donors (Lipinski definition) is 0. The highest BCUT2D eigenvalue weighted by Crippen LogP contribution is 2.41. The van der Waals surface area contributed by atoms with E-state index in [0.29, 0.717) is 31.0 Å². The number of anilines is 1. The molecule has 0 saturated heterocycles. The summed E-state index contributed by atoms with van der Waals surface area (Å²) < 4.78 is 16.6. The summed E-state index contributed by atoms with van der Waals surface area (Å²) in [7, 11) is 1.80. The van der Waals surface area contributed by atoms with Crippen LogP contribution < -0.4 is 9.64 Å². The Morgan fingerprint density at radius 3 is 2.43 bits per heavy atom. The van der Waals surface area contributed by atoms with Crippen LogP contribution >= 0.6 is 0 Å². The lowest BCUT2D eigenvalue weighted by atomic mass is 9.96. The SMILES string of the molecule is C=C(C)C(=O)OCCCCCCOC1=CCC(C(=O)Oc2ccc(-c3ccc4c5c(cccc35)C(=O)N4C)cc2)C=C1. The molecule has 7 heteroatoms. The standard InChI is InChI=1S/C35H35NO6/c1-23(2)34(38)41-22-7-5-4-6-21-40-26-15-13-25(14-16-26)35(39)42-27-17-11-24(12-18-27)28-19-20-31-32-29(28)9-8-10-30(32)33(37)36(31)3/h8-13,15-20,25H,1,4-7,14,21-22H2,2-3H3. The third-order valence-electron chi connectivity index (χ3n) is 7.56.